The Morgan fingerprint density at radius 3 is 2.45 bits per heavy atom. The summed E-state index contributed by atoms with van der Waals surface area (Å²) in [6.07, 6.45) is 7.33. The highest BCUT2D eigenvalue weighted by molar-refractivity contribution is 6.00. The summed E-state index contributed by atoms with van der Waals surface area (Å²) in [6.45, 7) is 0.309. The Hall–Kier alpha value is -1.55. The van der Waals surface area contributed by atoms with Gasteiger partial charge in [0.25, 0.3) is 0 Å². The van der Waals surface area contributed by atoms with Crippen LogP contribution in [0.2, 0.25) is 0 Å². The Morgan fingerprint density at radius 1 is 1.20 bits per heavy atom. The standard InChI is InChI=1S/C16H23NO3/c1-17(12-6-4-2-3-5-7-12)11-16(20)14-9-8-13(18)10-15(14)19/h8-10,12,18-19H,2-7,11H2,1H3. The summed E-state index contributed by atoms with van der Waals surface area (Å²) in [4.78, 5) is 14.3. The Balaban J connectivity index is 1.99. The molecule has 0 spiro atoms. The number of Topliss-reactive ketones (excluding diaryl/α,β-unsaturated/α-hetero) is 1. The van der Waals surface area contributed by atoms with Crippen LogP contribution in [-0.4, -0.2) is 40.5 Å². The number of phenolic OH excluding ortho intramolecular Hbond substituents is 2. The van der Waals surface area contributed by atoms with Crippen molar-refractivity contribution in [2.45, 2.75) is 44.6 Å². The summed E-state index contributed by atoms with van der Waals surface area (Å²) >= 11 is 0. The Kier molecular flexibility index (Phi) is 5.01. The van der Waals surface area contributed by atoms with Gasteiger partial charge in [0.15, 0.2) is 5.78 Å². The molecule has 0 heterocycles. The highest BCUT2D eigenvalue weighted by Gasteiger charge is 2.20. The average Bonchev–Trinajstić information content (AvgIpc) is 2.67. The number of nitrogens with zero attached hydrogens (tertiary/aromatic N) is 1. The molecular formula is C16H23NO3. The van der Waals surface area contributed by atoms with E-state index in [1.165, 1.54) is 43.9 Å². The minimum Gasteiger partial charge on any atom is -0.508 e. The molecule has 1 aliphatic carbocycles. The zero-order valence-corrected chi connectivity index (χ0v) is 12.0. The first kappa shape index (κ1) is 14.9. The third kappa shape index (κ3) is 3.73. The molecule has 1 saturated carbocycles. The number of aromatic hydroxyl groups is 2. The van der Waals surface area contributed by atoms with E-state index in [1.807, 2.05) is 7.05 Å². The topological polar surface area (TPSA) is 60.8 Å². The number of hydrogen-bond acceptors (Lipinski definition) is 4. The van der Waals surface area contributed by atoms with Crippen LogP contribution in [0, 0.1) is 0 Å². The highest BCUT2D eigenvalue weighted by Crippen LogP contribution is 2.25. The van der Waals surface area contributed by atoms with Crippen LogP contribution >= 0.6 is 0 Å². The third-order valence-corrected chi connectivity index (χ3v) is 4.12. The molecule has 1 aromatic carbocycles. The van der Waals surface area contributed by atoms with Gasteiger partial charge in [-0.3, -0.25) is 9.69 Å². The minimum atomic E-state index is -0.149. The molecule has 1 fully saturated rings. The maximum absolute atomic E-state index is 12.2. The predicted molar refractivity (Wildman–Crippen MR) is 78.2 cm³/mol. The van der Waals surface area contributed by atoms with E-state index in [-0.39, 0.29) is 22.8 Å². The quantitative estimate of drug-likeness (QED) is 0.656. The monoisotopic (exact) mass is 277 g/mol. The first-order valence-electron chi connectivity index (χ1n) is 7.33. The van der Waals surface area contributed by atoms with Crippen molar-refractivity contribution in [3.63, 3.8) is 0 Å². The molecule has 0 unspecified atom stereocenters. The molecular weight excluding hydrogens is 254 g/mol. The summed E-state index contributed by atoms with van der Waals surface area (Å²) in [7, 11) is 1.98. The fourth-order valence-electron chi connectivity index (χ4n) is 2.90. The highest BCUT2D eigenvalue weighted by atomic mass is 16.3. The van der Waals surface area contributed by atoms with Gasteiger partial charge < -0.3 is 10.2 Å². The van der Waals surface area contributed by atoms with Gasteiger partial charge in [-0.2, -0.15) is 0 Å². The number of benzene rings is 1. The van der Waals surface area contributed by atoms with E-state index in [0.717, 1.165) is 12.8 Å². The molecule has 20 heavy (non-hydrogen) atoms. The van der Waals surface area contributed by atoms with Crippen molar-refractivity contribution in [2.75, 3.05) is 13.6 Å². The maximum atomic E-state index is 12.2. The van der Waals surface area contributed by atoms with E-state index in [1.54, 1.807) is 0 Å². The molecule has 0 atom stereocenters. The molecule has 0 aromatic heterocycles. The van der Waals surface area contributed by atoms with Crippen LogP contribution in [0.15, 0.2) is 18.2 Å². The molecule has 0 radical (unpaired) electrons. The minimum absolute atomic E-state index is 0.0313. The number of carbonyl (C=O) groups is 1. The van der Waals surface area contributed by atoms with E-state index in [0.29, 0.717) is 12.6 Å². The van der Waals surface area contributed by atoms with Crippen LogP contribution in [-0.2, 0) is 0 Å². The van der Waals surface area contributed by atoms with Gasteiger partial charge in [0.2, 0.25) is 0 Å². The molecule has 110 valence electrons. The number of carbonyl (C=O) groups excluding carboxylic acids is 1. The second kappa shape index (κ2) is 6.75. The van der Waals surface area contributed by atoms with Crippen molar-refractivity contribution < 1.29 is 15.0 Å². The predicted octanol–water partition coefficient (Wildman–Crippen LogP) is 2.94. The van der Waals surface area contributed by atoms with Gasteiger partial charge in [0.1, 0.15) is 11.5 Å². The number of phenols is 2. The summed E-state index contributed by atoms with van der Waals surface area (Å²) in [5.41, 5.74) is 0.281. The van der Waals surface area contributed by atoms with Gasteiger partial charge in [-0.25, -0.2) is 0 Å². The Bertz CT molecular complexity index is 465. The van der Waals surface area contributed by atoms with Crippen molar-refractivity contribution in [1.29, 1.82) is 0 Å². The largest absolute Gasteiger partial charge is 0.508 e. The van der Waals surface area contributed by atoms with Crippen LogP contribution in [0.5, 0.6) is 11.5 Å². The first-order chi connectivity index (χ1) is 9.58. The zero-order valence-electron chi connectivity index (χ0n) is 12.0. The van der Waals surface area contributed by atoms with E-state index < -0.39 is 0 Å². The number of hydrogen-bond donors (Lipinski definition) is 2. The molecule has 1 aliphatic rings. The Morgan fingerprint density at radius 2 is 1.85 bits per heavy atom. The lowest BCUT2D eigenvalue weighted by atomic mass is 10.1. The molecule has 0 bridgehead atoms. The number of rotatable bonds is 4. The van der Waals surface area contributed by atoms with E-state index in [2.05, 4.69) is 4.90 Å². The molecule has 4 nitrogen and oxygen atoms in total. The molecule has 0 amide bonds. The van der Waals surface area contributed by atoms with Crippen molar-refractivity contribution >= 4 is 5.78 Å². The van der Waals surface area contributed by atoms with Crippen molar-refractivity contribution in [3.8, 4) is 11.5 Å². The fraction of sp³-hybridized carbons (Fsp3) is 0.562. The second-order valence-electron chi connectivity index (χ2n) is 5.69. The lowest BCUT2D eigenvalue weighted by molar-refractivity contribution is 0.0909. The van der Waals surface area contributed by atoms with Gasteiger partial charge in [0.05, 0.1) is 12.1 Å². The van der Waals surface area contributed by atoms with Crippen molar-refractivity contribution in [1.82, 2.24) is 4.90 Å². The fourth-order valence-corrected chi connectivity index (χ4v) is 2.90. The van der Waals surface area contributed by atoms with Crippen LogP contribution in [0.1, 0.15) is 48.9 Å². The average molecular weight is 277 g/mol. The smallest absolute Gasteiger partial charge is 0.180 e. The molecule has 1 aromatic rings. The van der Waals surface area contributed by atoms with E-state index in [9.17, 15) is 15.0 Å². The van der Waals surface area contributed by atoms with Crippen LogP contribution < -0.4 is 0 Å². The van der Waals surface area contributed by atoms with Gasteiger partial charge in [-0.15, -0.1) is 0 Å². The van der Waals surface area contributed by atoms with Gasteiger partial charge in [-0.05, 0) is 32.0 Å². The molecule has 0 saturated heterocycles. The van der Waals surface area contributed by atoms with Crippen molar-refractivity contribution in [2.24, 2.45) is 0 Å². The molecule has 2 rings (SSSR count). The lowest BCUT2D eigenvalue weighted by Gasteiger charge is -2.26. The third-order valence-electron chi connectivity index (χ3n) is 4.12. The van der Waals surface area contributed by atoms with E-state index >= 15 is 0 Å². The van der Waals surface area contributed by atoms with Gasteiger partial charge >= 0.3 is 0 Å². The number of likely N-dealkylation sites (N-methyl/N-ethyl adjacent to an activating group) is 1. The van der Waals surface area contributed by atoms with Crippen LogP contribution in [0.25, 0.3) is 0 Å². The normalized spacial score (nSPS) is 17.1. The van der Waals surface area contributed by atoms with Crippen LogP contribution in [0.4, 0.5) is 0 Å². The zero-order chi connectivity index (χ0) is 14.5. The molecule has 2 N–H and O–H groups in total. The molecule has 4 heteroatoms. The van der Waals surface area contributed by atoms with Gasteiger partial charge in [0, 0.05) is 12.1 Å². The second-order valence-corrected chi connectivity index (χ2v) is 5.69. The van der Waals surface area contributed by atoms with Crippen LogP contribution in [0.3, 0.4) is 0 Å². The summed E-state index contributed by atoms with van der Waals surface area (Å²) in [6, 6.07) is 4.58. The summed E-state index contributed by atoms with van der Waals surface area (Å²) in [5, 5.41) is 19.0. The molecule has 0 aliphatic heterocycles. The van der Waals surface area contributed by atoms with E-state index in [4.69, 9.17) is 0 Å². The lowest BCUT2D eigenvalue weighted by Crippen LogP contribution is -2.35. The van der Waals surface area contributed by atoms with Crippen molar-refractivity contribution in [3.05, 3.63) is 23.8 Å². The maximum Gasteiger partial charge on any atom is 0.180 e. The summed E-state index contributed by atoms with van der Waals surface area (Å²) in [5.74, 6) is -0.283. The number of ketones is 1. The SMILES string of the molecule is CN(CC(=O)c1ccc(O)cc1O)C1CCCCCC1. The van der Waals surface area contributed by atoms with Gasteiger partial charge in [-0.1, -0.05) is 25.7 Å². The first-order valence-corrected chi connectivity index (χ1v) is 7.33. The summed E-state index contributed by atoms with van der Waals surface area (Å²) < 4.78 is 0. The Labute approximate surface area is 120 Å².